The second-order valence-corrected chi connectivity index (χ2v) is 2.70. The van der Waals surface area contributed by atoms with E-state index < -0.39 is 19.1 Å². The average molecular weight is 202 g/mol. The van der Waals surface area contributed by atoms with Crippen molar-refractivity contribution in [2.75, 3.05) is 13.2 Å². The Morgan fingerprint density at radius 2 is 2.21 bits per heavy atom. The van der Waals surface area contributed by atoms with Crippen molar-refractivity contribution >= 4 is 0 Å². The van der Waals surface area contributed by atoms with Gasteiger partial charge in [0, 0.05) is 12.7 Å². The molecule has 0 bridgehead atoms. The van der Waals surface area contributed by atoms with Crippen molar-refractivity contribution in [1.29, 1.82) is 0 Å². The lowest BCUT2D eigenvalue weighted by Crippen LogP contribution is -2.19. The second kappa shape index (κ2) is 5.62. The molecule has 2 N–H and O–H groups in total. The topological polar surface area (TPSA) is 48.1 Å². The van der Waals surface area contributed by atoms with Gasteiger partial charge in [-0.15, -0.1) is 0 Å². The minimum absolute atomic E-state index is 0.143. The summed E-state index contributed by atoms with van der Waals surface area (Å²) < 4.78 is 28.6. The van der Waals surface area contributed by atoms with Crippen molar-refractivity contribution in [3.05, 3.63) is 30.1 Å². The van der Waals surface area contributed by atoms with Crippen LogP contribution in [-0.4, -0.2) is 24.6 Å². The first-order valence-electron chi connectivity index (χ1n) is 4.24. The van der Waals surface area contributed by atoms with Crippen LogP contribution in [0, 0.1) is 0 Å². The van der Waals surface area contributed by atoms with E-state index in [1.54, 1.807) is 24.4 Å². The molecule has 0 aliphatic carbocycles. The molecule has 1 unspecified atom stereocenters. The molecular weight excluding hydrogens is 190 g/mol. The zero-order chi connectivity index (χ0) is 10.4. The van der Waals surface area contributed by atoms with E-state index in [2.05, 4.69) is 4.98 Å². The maximum atomic E-state index is 11.9. The third kappa shape index (κ3) is 3.35. The summed E-state index contributed by atoms with van der Waals surface area (Å²) in [5.74, 6) is 0. The summed E-state index contributed by atoms with van der Waals surface area (Å²) in [7, 11) is 0. The van der Waals surface area contributed by atoms with Gasteiger partial charge in [0.1, 0.15) is 12.7 Å². The van der Waals surface area contributed by atoms with Crippen LogP contribution >= 0.6 is 0 Å². The molecule has 0 spiro atoms. The smallest absolute Gasteiger partial charge is 0.261 e. The molecule has 0 aromatic carbocycles. The maximum absolute atomic E-state index is 11.9. The number of rotatable bonds is 5. The number of aromatic nitrogens is 1. The predicted molar refractivity (Wildman–Crippen MR) is 48.0 cm³/mol. The van der Waals surface area contributed by atoms with Crippen LogP contribution in [0.15, 0.2) is 24.4 Å². The fourth-order valence-electron chi connectivity index (χ4n) is 1.03. The first kappa shape index (κ1) is 11.0. The molecule has 0 amide bonds. The standard InChI is InChI=1S/C9H12F2N2O/c10-9(11)6-14-8(5-12)7-3-1-2-4-13-7/h1-4,8-9H,5-6,12H2. The van der Waals surface area contributed by atoms with E-state index in [1.807, 2.05) is 0 Å². The molecule has 0 radical (unpaired) electrons. The normalized spacial score (nSPS) is 13.1. The van der Waals surface area contributed by atoms with Crippen molar-refractivity contribution in [2.24, 2.45) is 5.73 Å². The van der Waals surface area contributed by atoms with Gasteiger partial charge in [0.25, 0.3) is 6.43 Å². The van der Waals surface area contributed by atoms with Crippen LogP contribution < -0.4 is 5.73 Å². The van der Waals surface area contributed by atoms with Crippen LogP contribution in [0.3, 0.4) is 0 Å². The summed E-state index contributed by atoms with van der Waals surface area (Å²) >= 11 is 0. The number of hydrogen-bond donors (Lipinski definition) is 1. The molecule has 1 atom stereocenters. The Hall–Kier alpha value is -1.07. The zero-order valence-electron chi connectivity index (χ0n) is 7.57. The van der Waals surface area contributed by atoms with Crippen LogP contribution in [0.2, 0.25) is 0 Å². The van der Waals surface area contributed by atoms with Crippen LogP contribution in [-0.2, 0) is 4.74 Å². The van der Waals surface area contributed by atoms with Gasteiger partial charge in [-0.25, -0.2) is 8.78 Å². The van der Waals surface area contributed by atoms with Crippen molar-refractivity contribution in [3.8, 4) is 0 Å². The van der Waals surface area contributed by atoms with E-state index in [4.69, 9.17) is 10.5 Å². The Kier molecular flexibility index (Phi) is 4.42. The monoisotopic (exact) mass is 202 g/mol. The molecule has 14 heavy (non-hydrogen) atoms. The largest absolute Gasteiger partial charge is 0.365 e. The third-order valence-corrected chi connectivity index (χ3v) is 1.66. The number of halogens is 2. The van der Waals surface area contributed by atoms with Gasteiger partial charge in [0.2, 0.25) is 0 Å². The fourth-order valence-corrected chi connectivity index (χ4v) is 1.03. The first-order valence-corrected chi connectivity index (χ1v) is 4.24. The van der Waals surface area contributed by atoms with E-state index >= 15 is 0 Å². The summed E-state index contributed by atoms with van der Waals surface area (Å²) in [6.07, 6.45) is -1.46. The lowest BCUT2D eigenvalue weighted by Gasteiger charge is -2.14. The zero-order valence-corrected chi connectivity index (χ0v) is 7.57. The van der Waals surface area contributed by atoms with Gasteiger partial charge in [-0.05, 0) is 12.1 Å². The SMILES string of the molecule is NCC(OCC(F)F)c1ccccn1. The van der Waals surface area contributed by atoms with E-state index in [9.17, 15) is 8.78 Å². The molecule has 0 saturated carbocycles. The number of alkyl halides is 2. The molecule has 0 aliphatic rings. The molecular formula is C9H12F2N2O. The van der Waals surface area contributed by atoms with E-state index in [0.29, 0.717) is 5.69 Å². The lowest BCUT2D eigenvalue weighted by molar-refractivity contribution is -0.0231. The number of ether oxygens (including phenoxy) is 1. The summed E-state index contributed by atoms with van der Waals surface area (Å²) in [5.41, 5.74) is 5.96. The summed E-state index contributed by atoms with van der Waals surface area (Å²) in [6, 6.07) is 5.20. The molecule has 1 aromatic rings. The van der Waals surface area contributed by atoms with Crippen molar-refractivity contribution in [1.82, 2.24) is 4.98 Å². The van der Waals surface area contributed by atoms with Crippen molar-refractivity contribution < 1.29 is 13.5 Å². The van der Waals surface area contributed by atoms with Gasteiger partial charge in [-0.2, -0.15) is 0 Å². The molecule has 1 rings (SSSR count). The summed E-state index contributed by atoms with van der Waals surface area (Å²) in [6.45, 7) is -0.470. The summed E-state index contributed by atoms with van der Waals surface area (Å²) in [5, 5.41) is 0. The highest BCUT2D eigenvalue weighted by molar-refractivity contribution is 5.07. The van der Waals surface area contributed by atoms with Gasteiger partial charge in [0.15, 0.2) is 0 Å². The molecule has 78 valence electrons. The highest BCUT2D eigenvalue weighted by Gasteiger charge is 2.13. The van der Waals surface area contributed by atoms with Crippen LogP contribution in [0.5, 0.6) is 0 Å². The highest BCUT2D eigenvalue weighted by atomic mass is 19.3. The van der Waals surface area contributed by atoms with Gasteiger partial charge in [0.05, 0.1) is 5.69 Å². The second-order valence-electron chi connectivity index (χ2n) is 2.70. The molecule has 0 saturated heterocycles. The van der Waals surface area contributed by atoms with Gasteiger partial charge in [-0.3, -0.25) is 4.98 Å². The number of hydrogen-bond acceptors (Lipinski definition) is 3. The molecule has 5 heteroatoms. The fraction of sp³-hybridized carbons (Fsp3) is 0.444. The Balaban J connectivity index is 2.54. The molecule has 1 heterocycles. The molecule has 3 nitrogen and oxygen atoms in total. The van der Waals surface area contributed by atoms with E-state index in [1.165, 1.54) is 0 Å². The van der Waals surface area contributed by atoms with Gasteiger partial charge < -0.3 is 10.5 Å². The predicted octanol–water partition coefficient (Wildman–Crippen LogP) is 1.36. The number of pyridine rings is 1. The van der Waals surface area contributed by atoms with Gasteiger partial charge >= 0.3 is 0 Å². The number of nitrogens with two attached hydrogens (primary N) is 1. The molecule has 0 aliphatic heterocycles. The first-order chi connectivity index (χ1) is 6.74. The van der Waals surface area contributed by atoms with E-state index in [-0.39, 0.29) is 6.54 Å². The number of nitrogens with zero attached hydrogens (tertiary/aromatic N) is 1. The quantitative estimate of drug-likeness (QED) is 0.784. The van der Waals surface area contributed by atoms with Crippen molar-refractivity contribution in [3.63, 3.8) is 0 Å². The third-order valence-electron chi connectivity index (χ3n) is 1.66. The lowest BCUT2D eigenvalue weighted by atomic mass is 10.2. The Morgan fingerprint density at radius 1 is 1.43 bits per heavy atom. The van der Waals surface area contributed by atoms with E-state index in [0.717, 1.165) is 0 Å². The maximum Gasteiger partial charge on any atom is 0.261 e. The highest BCUT2D eigenvalue weighted by Crippen LogP contribution is 2.13. The van der Waals surface area contributed by atoms with Crippen LogP contribution in [0.25, 0.3) is 0 Å². The Morgan fingerprint density at radius 3 is 2.71 bits per heavy atom. The van der Waals surface area contributed by atoms with Crippen molar-refractivity contribution in [2.45, 2.75) is 12.5 Å². The molecule has 0 fully saturated rings. The average Bonchev–Trinajstić information content (AvgIpc) is 2.20. The van der Waals surface area contributed by atoms with Crippen LogP contribution in [0.4, 0.5) is 8.78 Å². The minimum Gasteiger partial charge on any atom is -0.365 e. The molecule has 1 aromatic heterocycles. The van der Waals surface area contributed by atoms with Crippen LogP contribution in [0.1, 0.15) is 11.8 Å². The summed E-state index contributed by atoms with van der Waals surface area (Å²) in [4.78, 5) is 3.98. The Bertz CT molecular complexity index is 256. The Labute approximate surface area is 80.9 Å². The minimum atomic E-state index is -2.48. The van der Waals surface area contributed by atoms with Gasteiger partial charge in [-0.1, -0.05) is 6.07 Å².